The molecule has 10 rings (SSSR count). The lowest BCUT2D eigenvalue weighted by Gasteiger charge is -2.26. The molecule has 3 heterocycles. The number of anilines is 3. The van der Waals surface area contributed by atoms with Crippen molar-refractivity contribution in [1.29, 1.82) is 0 Å². The van der Waals surface area contributed by atoms with Crippen molar-refractivity contribution in [2.45, 2.75) is 0 Å². The molecule has 0 radical (unpaired) electrons. The molecule has 0 atom stereocenters. The first-order valence-corrected chi connectivity index (χ1v) is 16.5. The number of furan rings is 1. The minimum atomic E-state index is 0.788. The molecule has 0 unspecified atom stereocenters. The monoisotopic (exact) mass is 627 g/mol. The van der Waals surface area contributed by atoms with E-state index in [1.54, 1.807) is 0 Å². The molecule has 0 saturated heterocycles. The Balaban J connectivity index is 1.16. The summed E-state index contributed by atoms with van der Waals surface area (Å²) in [6, 6.07) is 60.4. The normalized spacial score (nSPS) is 11.7. The first kappa shape index (κ1) is 27.5. The predicted molar refractivity (Wildman–Crippen MR) is 203 cm³/mol. The molecule has 0 aliphatic rings. The fraction of sp³-hybridized carbons (Fsp3) is 0. The quantitative estimate of drug-likeness (QED) is 0.190. The zero-order chi connectivity index (χ0) is 32.3. The molecule has 0 aliphatic heterocycles. The van der Waals surface area contributed by atoms with E-state index in [2.05, 4.69) is 172 Å². The Bertz CT molecular complexity index is 2830. The number of aromatic nitrogens is 2. The molecule has 230 valence electrons. The van der Waals surface area contributed by atoms with Gasteiger partial charge in [0.05, 0.1) is 11.0 Å². The van der Waals surface area contributed by atoms with Crippen LogP contribution in [0.25, 0.3) is 71.5 Å². The van der Waals surface area contributed by atoms with Crippen LogP contribution in [0.5, 0.6) is 0 Å². The van der Waals surface area contributed by atoms with Gasteiger partial charge in [-0.3, -0.25) is 4.98 Å². The molecule has 0 bridgehead atoms. The zero-order valence-corrected chi connectivity index (χ0v) is 26.5. The maximum atomic E-state index is 6.31. The number of nitrogens with zero attached hydrogens (tertiary/aromatic N) is 3. The van der Waals surface area contributed by atoms with Crippen LogP contribution < -0.4 is 4.90 Å². The molecule has 4 nitrogen and oxygen atoms in total. The Morgan fingerprint density at radius 2 is 1.16 bits per heavy atom. The predicted octanol–water partition coefficient (Wildman–Crippen LogP) is 12.4. The van der Waals surface area contributed by atoms with Crippen LogP contribution in [0.2, 0.25) is 0 Å². The smallest absolute Gasteiger partial charge is 0.153 e. The molecule has 0 amide bonds. The molecule has 0 spiro atoms. The first-order valence-electron chi connectivity index (χ1n) is 16.5. The average Bonchev–Trinajstić information content (AvgIpc) is 3.70. The molecule has 0 N–H and O–H groups in total. The Morgan fingerprint density at radius 3 is 2.06 bits per heavy atom. The molecule has 0 aliphatic carbocycles. The number of hydrogen-bond donors (Lipinski definition) is 0. The standard InChI is InChI=1S/C45H29N3O/c1-2-11-34(12-3-1)48-41-14-7-6-13-38(41)40-28-36(23-25-42(40)48)47(37-22-24-39-44(29-37)49-43-15-8-26-46-45(39)43)35-20-18-31(19-21-35)33-17-16-30-9-4-5-10-32(30)27-33/h1-29H. The molecule has 3 aromatic heterocycles. The van der Waals surface area contributed by atoms with Crippen molar-refractivity contribution in [2.75, 3.05) is 4.90 Å². The Labute approximate surface area is 282 Å². The minimum absolute atomic E-state index is 0.788. The van der Waals surface area contributed by atoms with Gasteiger partial charge in [-0.25, -0.2) is 0 Å². The average molecular weight is 628 g/mol. The molecule has 4 heteroatoms. The SMILES string of the molecule is c1ccc(-n2c3ccccc3c3cc(N(c4ccc(-c5ccc6ccccc6c5)cc4)c4ccc5c(c4)oc4cccnc45)ccc32)cc1. The lowest BCUT2D eigenvalue weighted by molar-refractivity contribution is 0.668. The maximum absolute atomic E-state index is 6.31. The van der Waals surface area contributed by atoms with Crippen molar-refractivity contribution >= 4 is 71.7 Å². The zero-order valence-electron chi connectivity index (χ0n) is 26.5. The summed E-state index contributed by atoms with van der Waals surface area (Å²) in [6.45, 7) is 0. The molecule has 0 saturated carbocycles. The number of pyridine rings is 1. The highest BCUT2D eigenvalue weighted by molar-refractivity contribution is 6.11. The van der Waals surface area contributed by atoms with Crippen LogP contribution in [-0.2, 0) is 0 Å². The summed E-state index contributed by atoms with van der Waals surface area (Å²) in [7, 11) is 0. The van der Waals surface area contributed by atoms with Crippen LogP contribution in [-0.4, -0.2) is 9.55 Å². The van der Waals surface area contributed by atoms with Crippen molar-refractivity contribution in [1.82, 2.24) is 9.55 Å². The van der Waals surface area contributed by atoms with E-state index in [1.165, 1.54) is 43.7 Å². The van der Waals surface area contributed by atoms with Crippen LogP contribution in [0.15, 0.2) is 180 Å². The second-order valence-corrected chi connectivity index (χ2v) is 12.5. The first-order chi connectivity index (χ1) is 24.3. The number of hydrogen-bond acceptors (Lipinski definition) is 3. The summed E-state index contributed by atoms with van der Waals surface area (Å²) in [5.74, 6) is 0. The Hall–Kier alpha value is -6.65. The van der Waals surface area contributed by atoms with Gasteiger partial charge in [-0.2, -0.15) is 0 Å². The van der Waals surface area contributed by atoms with Crippen molar-refractivity contribution in [3.8, 4) is 16.8 Å². The van der Waals surface area contributed by atoms with Crippen LogP contribution in [0, 0.1) is 0 Å². The van der Waals surface area contributed by atoms with Gasteiger partial charge in [0.2, 0.25) is 0 Å². The highest BCUT2D eigenvalue weighted by Crippen LogP contribution is 2.42. The molecule has 7 aromatic carbocycles. The van der Waals surface area contributed by atoms with E-state index in [0.29, 0.717) is 0 Å². The van der Waals surface area contributed by atoms with Crippen LogP contribution in [0.3, 0.4) is 0 Å². The molecular weight excluding hydrogens is 599 g/mol. The number of rotatable bonds is 5. The lowest BCUT2D eigenvalue weighted by Crippen LogP contribution is -2.09. The maximum Gasteiger partial charge on any atom is 0.153 e. The largest absolute Gasteiger partial charge is 0.454 e. The molecule has 49 heavy (non-hydrogen) atoms. The van der Waals surface area contributed by atoms with Gasteiger partial charge in [0.1, 0.15) is 11.1 Å². The van der Waals surface area contributed by atoms with E-state index < -0.39 is 0 Å². The van der Waals surface area contributed by atoms with Gasteiger partial charge in [-0.15, -0.1) is 0 Å². The van der Waals surface area contributed by atoms with Crippen molar-refractivity contribution < 1.29 is 4.42 Å². The summed E-state index contributed by atoms with van der Waals surface area (Å²) < 4.78 is 8.67. The van der Waals surface area contributed by atoms with Crippen molar-refractivity contribution in [2.24, 2.45) is 0 Å². The summed E-state index contributed by atoms with van der Waals surface area (Å²) in [5.41, 5.74) is 11.5. The van der Waals surface area contributed by atoms with Gasteiger partial charge in [0, 0.05) is 51.2 Å². The van der Waals surface area contributed by atoms with Gasteiger partial charge in [-0.05, 0) is 101 Å². The van der Waals surface area contributed by atoms with Crippen LogP contribution in [0.4, 0.5) is 17.1 Å². The topological polar surface area (TPSA) is 34.2 Å². The van der Waals surface area contributed by atoms with E-state index >= 15 is 0 Å². The summed E-state index contributed by atoms with van der Waals surface area (Å²) in [5, 5.41) is 5.90. The van der Waals surface area contributed by atoms with E-state index in [4.69, 9.17) is 4.42 Å². The summed E-state index contributed by atoms with van der Waals surface area (Å²) in [6.07, 6.45) is 1.82. The van der Waals surface area contributed by atoms with Gasteiger partial charge in [0.15, 0.2) is 5.58 Å². The molecular formula is C45H29N3O. The van der Waals surface area contributed by atoms with Crippen molar-refractivity contribution in [3.05, 3.63) is 176 Å². The third-order valence-electron chi connectivity index (χ3n) is 9.61. The van der Waals surface area contributed by atoms with Gasteiger partial charge < -0.3 is 13.9 Å². The second-order valence-electron chi connectivity index (χ2n) is 12.5. The summed E-state index contributed by atoms with van der Waals surface area (Å²) in [4.78, 5) is 6.92. The molecule has 10 aromatic rings. The van der Waals surface area contributed by atoms with E-state index in [0.717, 1.165) is 44.8 Å². The second kappa shape index (κ2) is 11.0. The fourth-order valence-electron chi connectivity index (χ4n) is 7.30. The molecule has 0 fully saturated rings. The Kier molecular flexibility index (Phi) is 6.15. The third kappa shape index (κ3) is 4.49. The van der Waals surface area contributed by atoms with Gasteiger partial charge in [-0.1, -0.05) is 84.9 Å². The Morgan fingerprint density at radius 1 is 0.449 bits per heavy atom. The minimum Gasteiger partial charge on any atom is -0.454 e. The van der Waals surface area contributed by atoms with E-state index in [1.807, 2.05) is 18.3 Å². The van der Waals surface area contributed by atoms with Gasteiger partial charge >= 0.3 is 0 Å². The van der Waals surface area contributed by atoms with Crippen molar-refractivity contribution in [3.63, 3.8) is 0 Å². The van der Waals surface area contributed by atoms with E-state index in [-0.39, 0.29) is 0 Å². The highest BCUT2D eigenvalue weighted by atomic mass is 16.3. The highest BCUT2D eigenvalue weighted by Gasteiger charge is 2.19. The number of para-hydroxylation sites is 2. The van der Waals surface area contributed by atoms with Crippen LogP contribution in [0.1, 0.15) is 0 Å². The lowest BCUT2D eigenvalue weighted by atomic mass is 10.0. The van der Waals surface area contributed by atoms with Crippen LogP contribution >= 0.6 is 0 Å². The van der Waals surface area contributed by atoms with E-state index in [9.17, 15) is 0 Å². The number of fused-ring (bicyclic) bond motifs is 7. The summed E-state index contributed by atoms with van der Waals surface area (Å²) >= 11 is 0. The third-order valence-corrected chi connectivity index (χ3v) is 9.61. The van der Waals surface area contributed by atoms with Gasteiger partial charge in [0.25, 0.3) is 0 Å². The fourth-order valence-corrected chi connectivity index (χ4v) is 7.30. The number of benzene rings is 7.